The van der Waals surface area contributed by atoms with Gasteiger partial charge in [-0.25, -0.2) is 4.98 Å². The first-order chi connectivity index (χ1) is 7.01. The van der Waals surface area contributed by atoms with Crippen LogP contribution in [0.2, 0.25) is 0 Å². The van der Waals surface area contributed by atoms with Crippen LogP contribution in [0.3, 0.4) is 0 Å². The predicted octanol–water partition coefficient (Wildman–Crippen LogP) is 0.921. The molecule has 1 aromatic rings. The van der Waals surface area contributed by atoms with Crippen molar-refractivity contribution in [3.8, 4) is 0 Å². The van der Waals surface area contributed by atoms with E-state index < -0.39 is 12.8 Å². The van der Waals surface area contributed by atoms with E-state index in [1.807, 2.05) is 0 Å². The minimum Gasteiger partial charge on any atom is -0.351 e. The molecule has 15 heavy (non-hydrogen) atoms. The highest BCUT2D eigenvalue weighted by atomic mass is 19.4. The van der Waals surface area contributed by atoms with Crippen molar-refractivity contribution in [2.24, 2.45) is 5.73 Å². The number of nitrogens with two attached hydrogens (primary N) is 1. The van der Waals surface area contributed by atoms with Gasteiger partial charge in [0.1, 0.15) is 13.3 Å². The summed E-state index contributed by atoms with van der Waals surface area (Å²) >= 11 is 0. The first-order valence-electron chi connectivity index (χ1n) is 4.36. The van der Waals surface area contributed by atoms with Gasteiger partial charge in [-0.1, -0.05) is 0 Å². The second-order valence-electron chi connectivity index (χ2n) is 3.01. The van der Waals surface area contributed by atoms with E-state index in [0.29, 0.717) is 13.0 Å². The van der Waals surface area contributed by atoms with Gasteiger partial charge in [-0.3, -0.25) is 0 Å². The quantitative estimate of drug-likeness (QED) is 0.807. The number of aromatic nitrogens is 2. The summed E-state index contributed by atoms with van der Waals surface area (Å²) in [7, 11) is 0. The van der Waals surface area contributed by atoms with Gasteiger partial charge in [0.15, 0.2) is 0 Å². The largest absolute Gasteiger partial charge is 0.411 e. The number of ether oxygens (including phenoxy) is 1. The summed E-state index contributed by atoms with van der Waals surface area (Å²) < 4.78 is 41.0. The van der Waals surface area contributed by atoms with Crippen molar-refractivity contribution in [2.75, 3.05) is 13.2 Å². The molecule has 86 valence electrons. The van der Waals surface area contributed by atoms with Crippen molar-refractivity contribution in [2.45, 2.75) is 19.3 Å². The molecule has 0 bridgehead atoms. The summed E-state index contributed by atoms with van der Waals surface area (Å²) in [5, 5.41) is 0. The summed E-state index contributed by atoms with van der Waals surface area (Å²) in [4.78, 5) is 3.94. The molecule has 2 N–H and O–H groups in total. The van der Waals surface area contributed by atoms with Gasteiger partial charge in [0.25, 0.3) is 0 Å². The monoisotopic (exact) mass is 223 g/mol. The van der Waals surface area contributed by atoms with E-state index in [2.05, 4.69) is 9.72 Å². The second-order valence-corrected chi connectivity index (χ2v) is 3.01. The van der Waals surface area contributed by atoms with E-state index in [0.717, 1.165) is 5.69 Å². The van der Waals surface area contributed by atoms with E-state index in [1.54, 1.807) is 6.20 Å². The molecule has 1 aromatic heterocycles. The molecule has 0 saturated heterocycles. The van der Waals surface area contributed by atoms with Crippen LogP contribution in [0.25, 0.3) is 0 Å². The van der Waals surface area contributed by atoms with Gasteiger partial charge in [-0.05, 0) is 6.54 Å². The molecular weight excluding hydrogens is 211 g/mol. The summed E-state index contributed by atoms with van der Waals surface area (Å²) in [5.41, 5.74) is 6.04. The smallest absolute Gasteiger partial charge is 0.351 e. The molecule has 7 heteroatoms. The Kier molecular flexibility index (Phi) is 4.10. The molecule has 1 rings (SSSR count). The SMILES string of the molecule is NCCc1cn(COCC(F)(F)F)cn1. The van der Waals surface area contributed by atoms with E-state index in [1.165, 1.54) is 10.9 Å². The van der Waals surface area contributed by atoms with Gasteiger partial charge < -0.3 is 15.0 Å². The fourth-order valence-corrected chi connectivity index (χ4v) is 1.02. The summed E-state index contributed by atoms with van der Waals surface area (Å²) in [5.74, 6) is 0. The van der Waals surface area contributed by atoms with Gasteiger partial charge >= 0.3 is 6.18 Å². The van der Waals surface area contributed by atoms with Crippen LogP contribution in [0.15, 0.2) is 12.5 Å². The zero-order valence-corrected chi connectivity index (χ0v) is 8.00. The lowest BCUT2D eigenvalue weighted by atomic mass is 10.3. The van der Waals surface area contributed by atoms with Gasteiger partial charge in [-0.15, -0.1) is 0 Å². The Balaban J connectivity index is 2.31. The lowest BCUT2D eigenvalue weighted by molar-refractivity contribution is -0.181. The predicted molar refractivity (Wildman–Crippen MR) is 47.0 cm³/mol. The standard InChI is InChI=1S/C8H12F3N3O/c9-8(10,11)4-15-6-14-3-7(1-2-12)13-5-14/h3,5H,1-2,4,6,12H2. The molecule has 0 aliphatic heterocycles. The zero-order valence-electron chi connectivity index (χ0n) is 8.00. The Labute approximate surface area is 84.8 Å². The van der Waals surface area contributed by atoms with Crippen molar-refractivity contribution < 1.29 is 17.9 Å². The molecule has 0 atom stereocenters. The number of halogens is 3. The summed E-state index contributed by atoms with van der Waals surface area (Å²) in [6.07, 6.45) is -0.655. The Bertz CT molecular complexity index is 298. The fourth-order valence-electron chi connectivity index (χ4n) is 1.02. The number of alkyl halides is 3. The molecule has 0 spiro atoms. The van der Waals surface area contributed by atoms with Crippen LogP contribution in [0.5, 0.6) is 0 Å². The maximum Gasteiger partial charge on any atom is 0.411 e. The van der Waals surface area contributed by atoms with Crippen LogP contribution in [0.1, 0.15) is 5.69 Å². The minimum atomic E-state index is -4.29. The van der Waals surface area contributed by atoms with Crippen molar-refractivity contribution in [1.82, 2.24) is 9.55 Å². The first-order valence-corrected chi connectivity index (χ1v) is 4.36. The maximum atomic E-state index is 11.7. The highest BCUT2D eigenvalue weighted by Gasteiger charge is 2.27. The average Bonchev–Trinajstić information content (AvgIpc) is 2.51. The molecular formula is C8H12F3N3O. The fraction of sp³-hybridized carbons (Fsp3) is 0.625. The lowest BCUT2D eigenvalue weighted by Gasteiger charge is -2.07. The number of rotatable bonds is 5. The summed E-state index contributed by atoms with van der Waals surface area (Å²) in [6, 6.07) is 0. The lowest BCUT2D eigenvalue weighted by Crippen LogP contribution is -2.18. The Morgan fingerprint density at radius 1 is 1.47 bits per heavy atom. The van der Waals surface area contributed by atoms with Gasteiger partial charge in [0.05, 0.1) is 12.0 Å². The topological polar surface area (TPSA) is 53.1 Å². The molecule has 0 aromatic carbocycles. The van der Waals surface area contributed by atoms with E-state index in [4.69, 9.17) is 5.73 Å². The minimum absolute atomic E-state index is 0.156. The van der Waals surface area contributed by atoms with Crippen LogP contribution in [0, 0.1) is 0 Å². The van der Waals surface area contributed by atoms with Crippen molar-refractivity contribution in [3.05, 3.63) is 18.2 Å². The highest BCUT2D eigenvalue weighted by molar-refractivity contribution is 4.96. The van der Waals surface area contributed by atoms with Gasteiger partial charge in [-0.2, -0.15) is 13.2 Å². The van der Waals surface area contributed by atoms with Crippen molar-refractivity contribution in [3.63, 3.8) is 0 Å². The number of imidazole rings is 1. The molecule has 0 saturated carbocycles. The Hall–Kier alpha value is -1.08. The third-order valence-electron chi connectivity index (χ3n) is 1.59. The van der Waals surface area contributed by atoms with Gasteiger partial charge in [0.2, 0.25) is 0 Å². The summed E-state index contributed by atoms with van der Waals surface area (Å²) in [6.45, 7) is -0.949. The van der Waals surface area contributed by atoms with Crippen LogP contribution in [-0.4, -0.2) is 28.9 Å². The van der Waals surface area contributed by atoms with Crippen LogP contribution >= 0.6 is 0 Å². The second kappa shape index (κ2) is 5.13. The molecule has 4 nitrogen and oxygen atoms in total. The molecule has 1 heterocycles. The van der Waals surface area contributed by atoms with E-state index in [9.17, 15) is 13.2 Å². The Morgan fingerprint density at radius 3 is 2.80 bits per heavy atom. The normalized spacial score (nSPS) is 12.0. The third kappa shape index (κ3) is 4.80. The third-order valence-corrected chi connectivity index (χ3v) is 1.59. The first kappa shape index (κ1) is 12.0. The van der Waals surface area contributed by atoms with Crippen LogP contribution in [0.4, 0.5) is 13.2 Å². The molecule has 0 aliphatic carbocycles. The molecule has 0 amide bonds. The van der Waals surface area contributed by atoms with Crippen LogP contribution < -0.4 is 5.73 Å². The van der Waals surface area contributed by atoms with Crippen molar-refractivity contribution in [1.29, 1.82) is 0 Å². The van der Waals surface area contributed by atoms with Gasteiger partial charge in [0, 0.05) is 12.6 Å². The Morgan fingerprint density at radius 2 is 2.20 bits per heavy atom. The van der Waals surface area contributed by atoms with Crippen molar-refractivity contribution >= 4 is 0 Å². The zero-order chi connectivity index (χ0) is 11.3. The average molecular weight is 223 g/mol. The van der Waals surface area contributed by atoms with E-state index in [-0.39, 0.29) is 6.73 Å². The van der Waals surface area contributed by atoms with E-state index >= 15 is 0 Å². The molecule has 0 radical (unpaired) electrons. The highest BCUT2D eigenvalue weighted by Crippen LogP contribution is 2.14. The van der Waals surface area contributed by atoms with Crippen LogP contribution in [-0.2, 0) is 17.9 Å². The number of hydrogen-bond donors (Lipinski definition) is 1. The number of nitrogens with zero attached hydrogens (tertiary/aromatic N) is 2. The molecule has 0 unspecified atom stereocenters. The molecule has 0 fully saturated rings. The number of hydrogen-bond acceptors (Lipinski definition) is 3. The maximum absolute atomic E-state index is 11.7. The molecule has 0 aliphatic rings.